The van der Waals surface area contributed by atoms with E-state index in [1.54, 1.807) is 30.3 Å². The van der Waals surface area contributed by atoms with E-state index in [1.165, 1.54) is 12.3 Å². The average Bonchev–Trinajstić information content (AvgIpc) is 2.70. The Labute approximate surface area is 162 Å². The van der Waals surface area contributed by atoms with Gasteiger partial charge in [0, 0.05) is 37.9 Å². The number of nitrogens with zero attached hydrogens (tertiary/aromatic N) is 2. The van der Waals surface area contributed by atoms with E-state index >= 15 is 0 Å². The Balaban J connectivity index is 1.56. The van der Waals surface area contributed by atoms with E-state index in [0.717, 1.165) is 32.8 Å². The molecule has 1 aromatic heterocycles. The summed E-state index contributed by atoms with van der Waals surface area (Å²) in [7, 11) is 0. The van der Waals surface area contributed by atoms with E-state index < -0.39 is 0 Å². The van der Waals surface area contributed by atoms with Gasteiger partial charge in [-0.3, -0.25) is 19.5 Å². The number of nitrogens with one attached hydrogen (secondary N) is 2. The first kappa shape index (κ1) is 19.3. The number of morpholine rings is 1. The fourth-order valence-corrected chi connectivity index (χ4v) is 2.88. The van der Waals surface area contributed by atoms with E-state index in [4.69, 9.17) is 16.3 Å². The fraction of sp³-hybridized carbons (Fsp3) is 0.316. The van der Waals surface area contributed by atoms with Crippen LogP contribution in [0.15, 0.2) is 42.6 Å². The van der Waals surface area contributed by atoms with Crippen LogP contribution in [-0.2, 0) is 4.74 Å². The van der Waals surface area contributed by atoms with E-state index in [2.05, 4.69) is 20.5 Å². The number of ether oxygens (including phenoxy) is 1. The average molecular weight is 389 g/mol. The Morgan fingerprint density at radius 3 is 2.70 bits per heavy atom. The lowest BCUT2D eigenvalue weighted by Gasteiger charge is -2.26. The van der Waals surface area contributed by atoms with Gasteiger partial charge in [0.1, 0.15) is 5.69 Å². The second-order valence-corrected chi connectivity index (χ2v) is 6.48. The highest BCUT2D eigenvalue weighted by Gasteiger charge is 2.14. The number of para-hydroxylation sites is 1. The van der Waals surface area contributed by atoms with Crippen molar-refractivity contribution in [1.82, 2.24) is 15.2 Å². The molecule has 1 saturated heterocycles. The van der Waals surface area contributed by atoms with E-state index in [0.29, 0.717) is 22.8 Å². The molecule has 0 unspecified atom stereocenters. The third-order valence-electron chi connectivity index (χ3n) is 4.19. The SMILES string of the molecule is O=C(Nc1ccccc1Cl)c1ccnc(C(=O)NCCN2CCOCC2)c1. The lowest BCUT2D eigenvalue weighted by Crippen LogP contribution is -2.41. The van der Waals surface area contributed by atoms with Crippen LogP contribution < -0.4 is 10.6 Å². The minimum absolute atomic E-state index is 0.198. The molecule has 27 heavy (non-hydrogen) atoms. The Hall–Kier alpha value is -2.48. The van der Waals surface area contributed by atoms with Crippen molar-refractivity contribution in [2.75, 3.05) is 44.7 Å². The molecule has 1 fully saturated rings. The zero-order chi connectivity index (χ0) is 19.1. The van der Waals surface area contributed by atoms with Crippen LogP contribution in [0.4, 0.5) is 5.69 Å². The Bertz CT molecular complexity index is 809. The molecule has 1 aliphatic heterocycles. The standard InChI is InChI=1S/C19H21ClN4O3/c20-15-3-1-2-4-16(15)23-18(25)14-5-6-21-17(13-14)19(26)22-7-8-24-9-11-27-12-10-24/h1-6,13H,7-12H2,(H,22,26)(H,23,25). The maximum atomic E-state index is 12.4. The summed E-state index contributed by atoms with van der Waals surface area (Å²) in [5.41, 5.74) is 1.05. The van der Waals surface area contributed by atoms with Gasteiger partial charge >= 0.3 is 0 Å². The number of pyridine rings is 1. The van der Waals surface area contributed by atoms with Gasteiger partial charge in [-0.2, -0.15) is 0 Å². The summed E-state index contributed by atoms with van der Waals surface area (Å²) in [5.74, 6) is -0.663. The molecule has 0 radical (unpaired) electrons. The molecule has 7 nitrogen and oxygen atoms in total. The summed E-state index contributed by atoms with van der Waals surface area (Å²) in [6, 6.07) is 9.98. The minimum Gasteiger partial charge on any atom is -0.379 e. The van der Waals surface area contributed by atoms with E-state index in [1.807, 2.05) is 0 Å². The van der Waals surface area contributed by atoms with Crippen molar-refractivity contribution in [2.24, 2.45) is 0 Å². The van der Waals surface area contributed by atoms with Crippen molar-refractivity contribution in [3.63, 3.8) is 0 Å². The highest BCUT2D eigenvalue weighted by atomic mass is 35.5. The second-order valence-electron chi connectivity index (χ2n) is 6.07. The van der Waals surface area contributed by atoms with Gasteiger partial charge in [-0.25, -0.2) is 0 Å². The summed E-state index contributed by atoms with van der Waals surface area (Å²) < 4.78 is 5.30. The van der Waals surface area contributed by atoms with Crippen LogP contribution in [0.2, 0.25) is 5.02 Å². The minimum atomic E-state index is -0.354. The lowest BCUT2D eigenvalue weighted by molar-refractivity contribution is 0.0383. The molecular formula is C19H21ClN4O3. The van der Waals surface area contributed by atoms with Gasteiger partial charge in [0.15, 0.2) is 0 Å². The highest BCUT2D eigenvalue weighted by Crippen LogP contribution is 2.21. The number of hydrogen-bond donors (Lipinski definition) is 2. The van der Waals surface area contributed by atoms with Crippen molar-refractivity contribution in [1.29, 1.82) is 0 Å². The maximum Gasteiger partial charge on any atom is 0.269 e. The van der Waals surface area contributed by atoms with Crippen LogP contribution >= 0.6 is 11.6 Å². The molecule has 0 atom stereocenters. The molecule has 2 heterocycles. The van der Waals surface area contributed by atoms with E-state index in [9.17, 15) is 9.59 Å². The van der Waals surface area contributed by atoms with Crippen molar-refractivity contribution < 1.29 is 14.3 Å². The zero-order valence-corrected chi connectivity index (χ0v) is 15.5. The topological polar surface area (TPSA) is 83.6 Å². The fourth-order valence-electron chi connectivity index (χ4n) is 2.70. The maximum absolute atomic E-state index is 12.4. The summed E-state index contributed by atoms with van der Waals surface area (Å²) in [4.78, 5) is 31.0. The van der Waals surface area contributed by atoms with Crippen LogP contribution in [0.3, 0.4) is 0 Å². The zero-order valence-electron chi connectivity index (χ0n) is 14.8. The number of amides is 2. The van der Waals surface area contributed by atoms with Crippen molar-refractivity contribution in [3.8, 4) is 0 Å². The van der Waals surface area contributed by atoms with Gasteiger partial charge in [-0.15, -0.1) is 0 Å². The number of carbonyl (C=O) groups is 2. The molecule has 0 aliphatic carbocycles. The molecule has 0 spiro atoms. The molecule has 2 N–H and O–H groups in total. The van der Waals surface area contributed by atoms with Crippen molar-refractivity contribution >= 4 is 29.1 Å². The van der Waals surface area contributed by atoms with Gasteiger partial charge < -0.3 is 15.4 Å². The van der Waals surface area contributed by atoms with Gasteiger partial charge in [0.25, 0.3) is 11.8 Å². The molecule has 2 aromatic rings. The summed E-state index contributed by atoms with van der Waals surface area (Å²) in [5, 5.41) is 6.01. The van der Waals surface area contributed by atoms with Crippen molar-refractivity contribution in [2.45, 2.75) is 0 Å². The van der Waals surface area contributed by atoms with Crippen LogP contribution in [0.1, 0.15) is 20.8 Å². The van der Waals surface area contributed by atoms with Crippen LogP contribution in [0.5, 0.6) is 0 Å². The summed E-state index contributed by atoms with van der Waals surface area (Å²) >= 11 is 6.06. The Morgan fingerprint density at radius 2 is 1.93 bits per heavy atom. The Kier molecular flexibility index (Phi) is 6.75. The number of halogens is 1. The number of anilines is 1. The molecule has 1 aromatic carbocycles. The molecule has 3 rings (SSSR count). The van der Waals surface area contributed by atoms with Crippen LogP contribution in [0.25, 0.3) is 0 Å². The molecule has 0 bridgehead atoms. The smallest absolute Gasteiger partial charge is 0.269 e. The first-order valence-corrected chi connectivity index (χ1v) is 9.11. The molecular weight excluding hydrogens is 368 g/mol. The highest BCUT2D eigenvalue weighted by molar-refractivity contribution is 6.33. The molecule has 142 valence electrons. The lowest BCUT2D eigenvalue weighted by atomic mass is 10.2. The van der Waals surface area contributed by atoms with Gasteiger partial charge in [-0.1, -0.05) is 23.7 Å². The number of benzene rings is 1. The van der Waals surface area contributed by atoms with Crippen molar-refractivity contribution in [3.05, 3.63) is 58.9 Å². The van der Waals surface area contributed by atoms with Crippen LogP contribution in [-0.4, -0.2) is 61.1 Å². The van der Waals surface area contributed by atoms with Gasteiger partial charge in [0.05, 0.1) is 23.9 Å². The summed E-state index contributed by atoms with van der Waals surface area (Å²) in [6.45, 7) is 4.44. The third kappa shape index (κ3) is 5.50. The molecule has 1 aliphatic rings. The van der Waals surface area contributed by atoms with E-state index in [-0.39, 0.29) is 17.5 Å². The largest absolute Gasteiger partial charge is 0.379 e. The predicted octanol–water partition coefficient (Wildman–Crippen LogP) is 2.05. The molecule has 0 saturated carbocycles. The number of rotatable bonds is 6. The normalized spacial score (nSPS) is 14.6. The number of hydrogen-bond acceptors (Lipinski definition) is 5. The van der Waals surface area contributed by atoms with Crippen LogP contribution in [0, 0.1) is 0 Å². The molecule has 2 amide bonds. The first-order valence-electron chi connectivity index (χ1n) is 8.74. The quantitative estimate of drug-likeness (QED) is 0.791. The Morgan fingerprint density at radius 1 is 1.15 bits per heavy atom. The number of carbonyl (C=O) groups excluding carboxylic acids is 2. The summed E-state index contributed by atoms with van der Waals surface area (Å²) in [6.07, 6.45) is 1.44. The number of aromatic nitrogens is 1. The second kappa shape index (κ2) is 9.45. The third-order valence-corrected chi connectivity index (χ3v) is 4.52. The molecule has 8 heteroatoms. The monoisotopic (exact) mass is 388 g/mol. The van der Waals surface area contributed by atoms with Gasteiger partial charge in [0.2, 0.25) is 0 Å². The predicted molar refractivity (Wildman–Crippen MR) is 103 cm³/mol. The van der Waals surface area contributed by atoms with Gasteiger partial charge in [-0.05, 0) is 24.3 Å². The first-order chi connectivity index (χ1) is 13.1.